The van der Waals surface area contributed by atoms with E-state index in [1.165, 1.54) is 6.07 Å². The van der Waals surface area contributed by atoms with Gasteiger partial charge in [0.25, 0.3) is 0 Å². The lowest BCUT2D eigenvalue weighted by Crippen LogP contribution is -2.29. The summed E-state index contributed by atoms with van der Waals surface area (Å²) < 4.78 is 39.6. The molecule has 0 aliphatic heterocycles. The van der Waals surface area contributed by atoms with Crippen molar-refractivity contribution in [2.45, 2.75) is 37.4 Å². The van der Waals surface area contributed by atoms with Crippen molar-refractivity contribution in [3.05, 3.63) is 24.0 Å². The number of benzene rings is 1. The number of anilines is 1. The van der Waals surface area contributed by atoms with Gasteiger partial charge in [0.05, 0.1) is 10.9 Å². The van der Waals surface area contributed by atoms with Gasteiger partial charge < -0.3 is 5.11 Å². The summed E-state index contributed by atoms with van der Waals surface area (Å²) >= 11 is 0. The Morgan fingerprint density at radius 3 is 2.50 bits per heavy atom. The van der Waals surface area contributed by atoms with E-state index in [-0.39, 0.29) is 5.69 Å². The fourth-order valence-electron chi connectivity index (χ4n) is 2.19. The van der Waals surface area contributed by atoms with Crippen LogP contribution in [-0.2, 0) is 10.0 Å². The highest BCUT2D eigenvalue weighted by atomic mass is 32.2. The van der Waals surface area contributed by atoms with E-state index in [1.54, 1.807) is 0 Å². The number of aromatic hydroxyl groups is 1. The van der Waals surface area contributed by atoms with Crippen molar-refractivity contribution in [1.29, 1.82) is 0 Å². The van der Waals surface area contributed by atoms with E-state index in [1.807, 2.05) is 0 Å². The molecule has 0 aromatic heterocycles. The van der Waals surface area contributed by atoms with Crippen LogP contribution in [0.1, 0.15) is 32.1 Å². The van der Waals surface area contributed by atoms with Gasteiger partial charge in [-0.2, -0.15) is 0 Å². The highest BCUT2D eigenvalue weighted by Crippen LogP contribution is 2.26. The maximum Gasteiger partial charge on any atom is 0.235 e. The lowest BCUT2D eigenvalue weighted by Gasteiger charge is -2.22. The van der Waals surface area contributed by atoms with Crippen LogP contribution in [0.15, 0.2) is 18.2 Å². The molecule has 1 aliphatic carbocycles. The van der Waals surface area contributed by atoms with Gasteiger partial charge in [0.2, 0.25) is 10.0 Å². The summed E-state index contributed by atoms with van der Waals surface area (Å²) in [4.78, 5) is 0. The average molecular weight is 273 g/mol. The maximum atomic E-state index is 13.1. The zero-order valence-electron chi connectivity index (χ0n) is 9.89. The third-order valence-corrected chi connectivity index (χ3v) is 5.07. The first-order valence-electron chi connectivity index (χ1n) is 5.99. The summed E-state index contributed by atoms with van der Waals surface area (Å²) in [6, 6.07) is 3.46. The largest absolute Gasteiger partial charge is 0.505 e. The molecule has 0 unspecified atom stereocenters. The SMILES string of the molecule is O=S(=O)(Nc1ccc(O)c(F)c1)C1CCCCC1. The second-order valence-corrected chi connectivity index (χ2v) is 6.53. The number of nitrogens with one attached hydrogen (secondary N) is 1. The summed E-state index contributed by atoms with van der Waals surface area (Å²) in [5.74, 6) is -1.32. The Kier molecular flexibility index (Phi) is 3.75. The van der Waals surface area contributed by atoms with E-state index >= 15 is 0 Å². The van der Waals surface area contributed by atoms with Gasteiger partial charge in [0.1, 0.15) is 0 Å². The fourth-order valence-corrected chi connectivity index (χ4v) is 3.77. The zero-order valence-corrected chi connectivity index (χ0v) is 10.7. The minimum Gasteiger partial charge on any atom is -0.505 e. The van der Waals surface area contributed by atoms with Crippen molar-refractivity contribution < 1.29 is 17.9 Å². The lowest BCUT2D eigenvalue weighted by atomic mass is 10.0. The first kappa shape index (κ1) is 13.1. The van der Waals surface area contributed by atoms with Crippen LogP contribution in [0, 0.1) is 5.82 Å². The Balaban J connectivity index is 2.13. The van der Waals surface area contributed by atoms with Gasteiger partial charge in [-0.3, -0.25) is 4.72 Å². The summed E-state index contributed by atoms with van der Waals surface area (Å²) in [6.07, 6.45) is 4.19. The first-order valence-corrected chi connectivity index (χ1v) is 7.54. The van der Waals surface area contributed by atoms with Crippen LogP contribution in [0.3, 0.4) is 0 Å². The van der Waals surface area contributed by atoms with Crippen molar-refractivity contribution >= 4 is 15.7 Å². The van der Waals surface area contributed by atoms with Gasteiger partial charge in [-0.05, 0) is 25.0 Å². The van der Waals surface area contributed by atoms with Gasteiger partial charge in [0, 0.05) is 6.07 Å². The molecule has 1 aromatic rings. The number of phenols is 1. The predicted octanol–water partition coefficient (Wildman–Crippen LogP) is 2.61. The van der Waals surface area contributed by atoms with Gasteiger partial charge in [0.15, 0.2) is 11.6 Å². The molecule has 6 heteroatoms. The Bertz CT molecular complexity index is 524. The first-order chi connectivity index (χ1) is 8.49. The van der Waals surface area contributed by atoms with Crippen LogP contribution < -0.4 is 4.72 Å². The lowest BCUT2D eigenvalue weighted by molar-refractivity contribution is 0.432. The molecule has 1 fully saturated rings. The molecule has 18 heavy (non-hydrogen) atoms. The fraction of sp³-hybridized carbons (Fsp3) is 0.500. The van der Waals surface area contributed by atoms with Crippen LogP contribution in [0.5, 0.6) is 5.75 Å². The van der Waals surface area contributed by atoms with E-state index in [0.29, 0.717) is 12.8 Å². The Labute approximate surface area is 106 Å². The second-order valence-electron chi connectivity index (χ2n) is 4.57. The van der Waals surface area contributed by atoms with E-state index in [4.69, 9.17) is 5.11 Å². The third-order valence-electron chi connectivity index (χ3n) is 3.20. The van der Waals surface area contributed by atoms with Crippen LogP contribution in [0.2, 0.25) is 0 Å². The Hall–Kier alpha value is -1.30. The average Bonchev–Trinajstić information content (AvgIpc) is 2.35. The van der Waals surface area contributed by atoms with Gasteiger partial charge in [-0.25, -0.2) is 12.8 Å². The van der Waals surface area contributed by atoms with E-state index in [0.717, 1.165) is 31.4 Å². The number of hydrogen-bond acceptors (Lipinski definition) is 3. The molecular weight excluding hydrogens is 257 g/mol. The molecule has 2 rings (SSSR count). The third kappa shape index (κ3) is 2.93. The number of phenolic OH excluding ortho intramolecular Hbond substituents is 1. The highest BCUT2D eigenvalue weighted by molar-refractivity contribution is 7.93. The summed E-state index contributed by atoms with van der Waals surface area (Å²) in [6.45, 7) is 0. The minimum absolute atomic E-state index is 0.149. The molecule has 2 N–H and O–H groups in total. The van der Waals surface area contributed by atoms with Gasteiger partial charge >= 0.3 is 0 Å². The van der Waals surface area contributed by atoms with E-state index < -0.39 is 26.8 Å². The number of hydrogen-bond donors (Lipinski definition) is 2. The second kappa shape index (κ2) is 5.14. The summed E-state index contributed by atoms with van der Waals surface area (Å²) in [7, 11) is -3.46. The molecule has 0 bridgehead atoms. The van der Waals surface area contributed by atoms with Crippen LogP contribution in [0.4, 0.5) is 10.1 Å². The topological polar surface area (TPSA) is 66.4 Å². The number of sulfonamides is 1. The number of rotatable bonds is 3. The monoisotopic (exact) mass is 273 g/mol. The molecule has 1 aromatic carbocycles. The molecule has 4 nitrogen and oxygen atoms in total. The van der Waals surface area contributed by atoms with Gasteiger partial charge in [-0.1, -0.05) is 19.3 Å². The zero-order chi connectivity index (χ0) is 13.2. The molecule has 0 atom stereocenters. The predicted molar refractivity (Wildman–Crippen MR) is 67.5 cm³/mol. The van der Waals surface area contributed by atoms with E-state index in [9.17, 15) is 12.8 Å². The molecule has 0 heterocycles. The summed E-state index contributed by atoms with van der Waals surface area (Å²) in [5, 5.41) is 8.64. The smallest absolute Gasteiger partial charge is 0.235 e. The van der Waals surface area contributed by atoms with Crippen molar-refractivity contribution in [2.24, 2.45) is 0 Å². The van der Waals surface area contributed by atoms with Crippen molar-refractivity contribution in [3.8, 4) is 5.75 Å². The normalized spacial score (nSPS) is 17.6. The molecular formula is C12H16FNO3S. The molecule has 0 saturated heterocycles. The molecule has 0 amide bonds. The molecule has 0 spiro atoms. The maximum absolute atomic E-state index is 13.1. The highest BCUT2D eigenvalue weighted by Gasteiger charge is 2.27. The quantitative estimate of drug-likeness (QED) is 0.832. The van der Waals surface area contributed by atoms with Crippen molar-refractivity contribution in [2.75, 3.05) is 4.72 Å². The number of halogens is 1. The molecule has 0 radical (unpaired) electrons. The van der Waals surface area contributed by atoms with Crippen LogP contribution in [0.25, 0.3) is 0 Å². The van der Waals surface area contributed by atoms with Crippen LogP contribution >= 0.6 is 0 Å². The van der Waals surface area contributed by atoms with Gasteiger partial charge in [-0.15, -0.1) is 0 Å². The standard InChI is InChI=1S/C12H16FNO3S/c13-11-8-9(6-7-12(11)15)14-18(16,17)10-4-2-1-3-5-10/h6-8,10,14-15H,1-5H2. The van der Waals surface area contributed by atoms with Crippen molar-refractivity contribution in [3.63, 3.8) is 0 Å². The van der Waals surface area contributed by atoms with Crippen LogP contribution in [-0.4, -0.2) is 18.8 Å². The Morgan fingerprint density at radius 1 is 1.22 bits per heavy atom. The molecule has 1 aliphatic rings. The van der Waals surface area contributed by atoms with Crippen molar-refractivity contribution in [1.82, 2.24) is 0 Å². The van der Waals surface area contributed by atoms with E-state index in [2.05, 4.69) is 4.72 Å². The Morgan fingerprint density at radius 2 is 1.89 bits per heavy atom. The minimum atomic E-state index is -3.46. The molecule has 100 valence electrons. The summed E-state index contributed by atoms with van der Waals surface area (Å²) in [5.41, 5.74) is 0.149. The molecule has 1 saturated carbocycles.